The summed E-state index contributed by atoms with van der Waals surface area (Å²) in [5.41, 5.74) is 1.64. The van der Waals surface area contributed by atoms with E-state index < -0.39 is 6.04 Å². The fourth-order valence-electron chi connectivity index (χ4n) is 3.54. The molecule has 2 heterocycles. The molecule has 0 aliphatic heterocycles. The topological polar surface area (TPSA) is 73.2 Å². The zero-order valence-corrected chi connectivity index (χ0v) is 16.3. The van der Waals surface area contributed by atoms with Crippen LogP contribution in [0.5, 0.6) is 0 Å². The van der Waals surface area contributed by atoms with E-state index in [1.807, 2.05) is 59.4 Å². The van der Waals surface area contributed by atoms with Crippen molar-refractivity contribution in [1.82, 2.24) is 9.55 Å². The number of hydrogen-bond donors (Lipinski definition) is 1. The fourth-order valence-corrected chi connectivity index (χ4v) is 4.58. The third-order valence-corrected chi connectivity index (χ3v) is 5.85. The number of aromatic nitrogens is 2. The summed E-state index contributed by atoms with van der Waals surface area (Å²) in [5.74, 6) is -0.729. The minimum Gasteiger partial charge on any atom is -0.465 e. The molecule has 1 amide bonds. The molecule has 1 aliphatic rings. The number of carbonyl (C=O) groups excluding carboxylic acids is 2. The van der Waals surface area contributed by atoms with Gasteiger partial charge in [0.15, 0.2) is 5.13 Å². The average Bonchev–Trinajstić information content (AvgIpc) is 3.40. The minimum atomic E-state index is -0.490. The van der Waals surface area contributed by atoms with Gasteiger partial charge >= 0.3 is 5.97 Å². The molecule has 0 spiro atoms. The summed E-state index contributed by atoms with van der Waals surface area (Å²) in [6.45, 7) is 2.15. The Bertz CT molecular complexity index is 966. The first-order valence-corrected chi connectivity index (χ1v) is 10.1. The Kier molecular flexibility index (Phi) is 5.25. The van der Waals surface area contributed by atoms with Crippen LogP contribution in [0.1, 0.15) is 41.4 Å². The summed E-state index contributed by atoms with van der Waals surface area (Å²) in [4.78, 5) is 30.8. The summed E-state index contributed by atoms with van der Waals surface area (Å²) in [5, 5.41) is 3.47. The van der Waals surface area contributed by atoms with Crippen molar-refractivity contribution in [1.29, 1.82) is 0 Å². The molecule has 0 saturated heterocycles. The highest BCUT2D eigenvalue weighted by Crippen LogP contribution is 2.39. The van der Waals surface area contributed by atoms with Crippen LogP contribution >= 0.6 is 11.3 Å². The number of rotatable bonds is 6. The lowest BCUT2D eigenvalue weighted by Crippen LogP contribution is -2.26. The van der Waals surface area contributed by atoms with Gasteiger partial charge in [-0.05, 0) is 37.5 Å². The quantitative estimate of drug-likeness (QED) is 0.645. The van der Waals surface area contributed by atoms with E-state index in [0.29, 0.717) is 11.7 Å². The summed E-state index contributed by atoms with van der Waals surface area (Å²) >= 11 is 1.44. The van der Waals surface area contributed by atoms with E-state index in [9.17, 15) is 9.59 Å². The van der Waals surface area contributed by atoms with Crippen LogP contribution in [0, 0.1) is 0 Å². The molecule has 1 aromatic carbocycles. The van der Waals surface area contributed by atoms with Gasteiger partial charge in [-0.1, -0.05) is 30.3 Å². The van der Waals surface area contributed by atoms with Crippen LogP contribution in [0.3, 0.4) is 0 Å². The van der Waals surface area contributed by atoms with Crippen LogP contribution in [0.25, 0.3) is 0 Å². The maximum atomic E-state index is 13.1. The van der Waals surface area contributed by atoms with Crippen molar-refractivity contribution in [3.63, 3.8) is 0 Å². The standard InChI is InChI=1S/C21H21N3O3S/c1-2-27-20(26)15-10-11-16-17(15)22-21(28-16)23-19(25)18(24-12-6-7-13-24)14-8-4-3-5-9-14/h3-9,12-13,15,18H,2,10-11H2,1H3,(H,22,23,25). The predicted octanol–water partition coefficient (Wildman–Crippen LogP) is 3.77. The lowest BCUT2D eigenvalue weighted by Gasteiger charge is -2.18. The molecule has 1 N–H and O–H groups in total. The zero-order valence-electron chi connectivity index (χ0n) is 15.5. The lowest BCUT2D eigenvalue weighted by molar-refractivity contribution is -0.145. The number of ether oxygens (including phenoxy) is 1. The average molecular weight is 395 g/mol. The molecule has 3 aromatic rings. The van der Waals surface area contributed by atoms with Crippen LogP contribution < -0.4 is 5.32 Å². The second kappa shape index (κ2) is 7.98. The number of thiazole rings is 1. The van der Waals surface area contributed by atoms with Crippen molar-refractivity contribution in [2.75, 3.05) is 11.9 Å². The van der Waals surface area contributed by atoms with Gasteiger partial charge in [0.2, 0.25) is 0 Å². The van der Waals surface area contributed by atoms with Crippen molar-refractivity contribution >= 4 is 28.3 Å². The number of amides is 1. The number of fused-ring (bicyclic) bond motifs is 1. The van der Waals surface area contributed by atoms with E-state index in [-0.39, 0.29) is 17.8 Å². The van der Waals surface area contributed by atoms with Crippen molar-refractivity contribution in [3.8, 4) is 0 Å². The third-order valence-electron chi connectivity index (χ3n) is 4.81. The van der Waals surface area contributed by atoms with E-state index in [4.69, 9.17) is 4.74 Å². The smallest absolute Gasteiger partial charge is 0.315 e. The highest BCUT2D eigenvalue weighted by Gasteiger charge is 2.34. The molecule has 0 saturated carbocycles. The van der Waals surface area contributed by atoms with Crippen LogP contribution in [0.4, 0.5) is 5.13 Å². The molecule has 2 aromatic heterocycles. The summed E-state index contributed by atoms with van der Waals surface area (Å²) in [6.07, 6.45) is 5.25. The zero-order chi connectivity index (χ0) is 19.5. The molecule has 0 radical (unpaired) electrons. The van der Waals surface area contributed by atoms with Gasteiger partial charge in [0.25, 0.3) is 5.91 Å². The van der Waals surface area contributed by atoms with Crippen molar-refractivity contribution < 1.29 is 14.3 Å². The van der Waals surface area contributed by atoms with Gasteiger partial charge in [0, 0.05) is 17.3 Å². The summed E-state index contributed by atoms with van der Waals surface area (Å²) in [6, 6.07) is 12.9. The molecule has 0 fully saturated rings. The van der Waals surface area contributed by atoms with Gasteiger partial charge in [-0.2, -0.15) is 0 Å². The fraction of sp³-hybridized carbons (Fsp3) is 0.286. The first kappa shape index (κ1) is 18.4. The molecule has 4 rings (SSSR count). The second-order valence-corrected chi connectivity index (χ2v) is 7.69. The number of benzene rings is 1. The highest BCUT2D eigenvalue weighted by atomic mass is 32.1. The normalized spacial score (nSPS) is 16.4. The Morgan fingerprint density at radius 2 is 2.00 bits per heavy atom. The molecule has 2 atom stereocenters. The molecule has 2 unspecified atom stereocenters. The maximum Gasteiger partial charge on any atom is 0.315 e. The van der Waals surface area contributed by atoms with E-state index >= 15 is 0 Å². The van der Waals surface area contributed by atoms with Crippen LogP contribution in [0.2, 0.25) is 0 Å². The van der Waals surface area contributed by atoms with Gasteiger partial charge in [-0.15, -0.1) is 11.3 Å². The van der Waals surface area contributed by atoms with E-state index in [0.717, 1.165) is 29.0 Å². The molecule has 28 heavy (non-hydrogen) atoms. The van der Waals surface area contributed by atoms with Gasteiger partial charge in [0.1, 0.15) is 12.0 Å². The molecule has 7 heteroatoms. The van der Waals surface area contributed by atoms with Crippen molar-refractivity contribution in [2.24, 2.45) is 0 Å². The van der Waals surface area contributed by atoms with Gasteiger partial charge in [0.05, 0.1) is 12.3 Å². The van der Waals surface area contributed by atoms with Crippen LogP contribution in [-0.2, 0) is 20.7 Å². The number of anilines is 1. The van der Waals surface area contributed by atoms with Gasteiger partial charge in [-0.3, -0.25) is 14.9 Å². The van der Waals surface area contributed by atoms with Gasteiger partial charge in [-0.25, -0.2) is 4.98 Å². The maximum absolute atomic E-state index is 13.1. The summed E-state index contributed by atoms with van der Waals surface area (Å²) in [7, 11) is 0. The second-order valence-electron chi connectivity index (χ2n) is 6.60. The third kappa shape index (κ3) is 3.57. The Labute approximate surface area is 167 Å². The van der Waals surface area contributed by atoms with Crippen molar-refractivity contribution in [3.05, 3.63) is 71.0 Å². The highest BCUT2D eigenvalue weighted by molar-refractivity contribution is 7.16. The van der Waals surface area contributed by atoms with E-state index in [1.165, 1.54) is 11.3 Å². The Balaban J connectivity index is 1.56. The largest absolute Gasteiger partial charge is 0.465 e. The van der Waals surface area contributed by atoms with E-state index in [1.54, 1.807) is 6.92 Å². The first-order chi connectivity index (χ1) is 13.7. The number of nitrogens with zero attached hydrogens (tertiary/aromatic N) is 2. The Hall–Kier alpha value is -2.93. The lowest BCUT2D eigenvalue weighted by atomic mass is 10.1. The van der Waals surface area contributed by atoms with Crippen LogP contribution in [0.15, 0.2) is 54.9 Å². The predicted molar refractivity (Wildman–Crippen MR) is 107 cm³/mol. The van der Waals surface area contributed by atoms with E-state index in [2.05, 4.69) is 10.3 Å². The number of aryl methyl sites for hydroxylation is 1. The summed E-state index contributed by atoms with van der Waals surface area (Å²) < 4.78 is 7.02. The number of hydrogen-bond acceptors (Lipinski definition) is 5. The molecular weight excluding hydrogens is 374 g/mol. The molecular formula is C21H21N3O3S. The van der Waals surface area contributed by atoms with Gasteiger partial charge < -0.3 is 9.30 Å². The molecule has 6 nitrogen and oxygen atoms in total. The van der Waals surface area contributed by atoms with Crippen molar-refractivity contribution in [2.45, 2.75) is 31.7 Å². The number of esters is 1. The molecule has 144 valence electrons. The molecule has 1 aliphatic carbocycles. The van der Waals surface area contributed by atoms with Crippen LogP contribution in [-0.4, -0.2) is 28.0 Å². The molecule has 0 bridgehead atoms. The SMILES string of the molecule is CCOC(=O)C1CCc2sc(NC(=O)C(c3ccccc3)n3cccc3)nc21. The first-order valence-electron chi connectivity index (χ1n) is 9.32. The number of nitrogens with one attached hydrogen (secondary N) is 1. The number of carbonyl (C=O) groups is 2. The monoisotopic (exact) mass is 395 g/mol. The minimum absolute atomic E-state index is 0.164. The Morgan fingerprint density at radius 1 is 1.25 bits per heavy atom. The Morgan fingerprint density at radius 3 is 2.71 bits per heavy atom.